The molecule has 0 radical (unpaired) electrons. The van der Waals surface area contributed by atoms with E-state index in [1.807, 2.05) is 0 Å². The lowest BCUT2D eigenvalue weighted by molar-refractivity contribution is 1.15. The average Bonchev–Trinajstić information content (AvgIpc) is 3.31. The summed E-state index contributed by atoms with van der Waals surface area (Å²) in [7, 11) is 2.40. The molecule has 0 bridgehead atoms. The molecule has 2 heterocycles. The van der Waals surface area contributed by atoms with E-state index in [-0.39, 0.29) is 0 Å². The van der Waals surface area contributed by atoms with Crippen molar-refractivity contribution in [2.75, 3.05) is 0 Å². The second kappa shape index (κ2) is 18.0. The van der Waals surface area contributed by atoms with E-state index in [1.165, 1.54) is 110 Å². The Balaban J connectivity index is 1.10. The maximum atomic E-state index is 8.17. The molecule has 1 nitrogen and oxygen atoms in total. The molecule has 0 unspecified atom stereocenters. The summed E-state index contributed by atoms with van der Waals surface area (Å²) in [6, 6.07) is 77.1. The van der Waals surface area contributed by atoms with Crippen molar-refractivity contribution in [2.45, 2.75) is 19.3 Å². The number of rotatable bonds is 12. The lowest BCUT2D eigenvalue weighted by atomic mass is 9.91. The third-order valence-electron chi connectivity index (χ3n) is 10.9. The van der Waals surface area contributed by atoms with Gasteiger partial charge in [-0.1, -0.05) is 217 Å². The lowest BCUT2D eigenvalue weighted by Crippen LogP contribution is -2.00. The molecule has 0 fully saturated rings. The fourth-order valence-corrected chi connectivity index (χ4v) is 10.8. The van der Waals surface area contributed by atoms with Crippen molar-refractivity contribution < 1.29 is 0 Å². The highest BCUT2D eigenvalue weighted by atomic mass is 31.0. The summed E-state index contributed by atoms with van der Waals surface area (Å²) in [5, 5.41) is 13.4. The molecule has 59 heavy (non-hydrogen) atoms. The van der Waals surface area contributed by atoms with Crippen molar-refractivity contribution in [3.63, 3.8) is 0 Å². The van der Waals surface area contributed by atoms with Crippen LogP contribution >= 0.6 is 16.4 Å². The van der Waals surface area contributed by atoms with E-state index in [2.05, 4.69) is 212 Å². The maximum Gasteiger partial charge on any atom is 0.0138 e. The van der Waals surface area contributed by atoms with Crippen molar-refractivity contribution in [1.82, 2.24) is 0 Å². The van der Waals surface area contributed by atoms with E-state index in [1.54, 1.807) is 6.21 Å². The van der Waals surface area contributed by atoms with Crippen LogP contribution in [0.1, 0.15) is 27.8 Å². The Morgan fingerprint density at radius 2 is 0.746 bits per heavy atom. The molecule has 282 valence electrons. The van der Waals surface area contributed by atoms with Gasteiger partial charge in [-0.25, -0.2) is 0 Å². The first-order chi connectivity index (χ1) is 29.2. The van der Waals surface area contributed by atoms with Crippen LogP contribution in [0.5, 0.6) is 0 Å². The van der Waals surface area contributed by atoms with E-state index in [0.717, 1.165) is 12.8 Å². The molecular weight excluding hydrogens is 749 g/mol. The minimum atomic E-state index is 0.601. The monoisotopic (exact) mass is 791 g/mol. The highest BCUT2D eigenvalue weighted by Crippen LogP contribution is 2.46. The number of hydrogen-bond acceptors (Lipinski definition) is 1. The first-order valence-electron chi connectivity index (χ1n) is 20.2. The normalized spacial score (nSPS) is 11.3. The Bertz CT molecular complexity index is 2780. The van der Waals surface area contributed by atoms with Crippen LogP contribution in [0.4, 0.5) is 0 Å². The molecule has 0 aliphatic heterocycles. The van der Waals surface area contributed by atoms with E-state index in [9.17, 15) is 0 Å². The highest BCUT2D eigenvalue weighted by Gasteiger charge is 2.18. The summed E-state index contributed by atoms with van der Waals surface area (Å²) in [5.74, 6) is 0. The summed E-state index contributed by atoms with van der Waals surface area (Å²) < 4.78 is 0. The highest BCUT2D eigenvalue weighted by molar-refractivity contribution is 7.38. The van der Waals surface area contributed by atoms with Gasteiger partial charge in [0.1, 0.15) is 0 Å². The van der Waals surface area contributed by atoms with Crippen LogP contribution in [0.15, 0.2) is 212 Å². The summed E-state index contributed by atoms with van der Waals surface area (Å²) in [6.45, 7) is 0. The summed E-state index contributed by atoms with van der Waals surface area (Å²) in [4.78, 5) is 0. The van der Waals surface area contributed by atoms with Gasteiger partial charge in [0.2, 0.25) is 0 Å². The Morgan fingerprint density at radius 1 is 0.356 bits per heavy atom. The molecule has 1 N–H and O–H groups in total. The van der Waals surface area contributed by atoms with E-state index in [4.69, 9.17) is 5.41 Å². The van der Waals surface area contributed by atoms with Gasteiger partial charge in [0.25, 0.3) is 0 Å². The van der Waals surface area contributed by atoms with Gasteiger partial charge in [-0.2, -0.15) is 0 Å². The van der Waals surface area contributed by atoms with Gasteiger partial charge in [-0.15, -0.1) is 0 Å². The SMILES string of the molecule is N=CCc1cc(-c2ccccc2)pc(-c2ccccc2)c1Cc1cccc(-c2cccc(Cc3c(-c4ccccc4)cc(-c4ccccc4)pc3-c3ccccc3)c2)c1. The molecule has 7 aromatic carbocycles. The van der Waals surface area contributed by atoms with Crippen LogP contribution in [-0.2, 0) is 19.3 Å². The first-order valence-corrected chi connectivity index (χ1v) is 22.0. The third kappa shape index (κ3) is 8.69. The van der Waals surface area contributed by atoms with Crippen molar-refractivity contribution in [3.8, 4) is 65.7 Å². The molecule has 0 amide bonds. The quantitative estimate of drug-likeness (QED) is 0.119. The predicted molar refractivity (Wildman–Crippen MR) is 255 cm³/mol. The van der Waals surface area contributed by atoms with Crippen molar-refractivity contribution in [3.05, 3.63) is 240 Å². The van der Waals surface area contributed by atoms with Crippen molar-refractivity contribution >= 4 is 22.6 Å². The molecule has 9 rings (SSSR count). The predicted octanol–water partition coefficient (Wildman–Crippen LogP) is 16.2. The summed E-state index contributed by atoms with van der Waals surface area (Å²) in [5.41, 5.74) is 16.4. The molecule has 0 aliphatic rings. The first kappa shape index (κ1) is 38.1. The van der Waals surface area contributed by atoms with Crippen LogP contribution in [-0.4, -0.2) is 6.21 Å². The standard InChI is InChI=1S/C56H43NP2/c57-33-32-49-38-53(43-22-8-2-9-23-43)58-55(45-26-12-4-13-27-45)51(49)36-40-18-16-30-47(34-40)48-31-17-19-41(35-48)37-52-50(42-20-6-1-7-21-42)39-54(44-24-10-3-11-25-44)59-56(52)46-28-14-5-15-29-46/h1-31,33-35,38-39,57H,32,36-37H2. The van der Waals surface area contributed by atoms with Gasteiger partial charge in [0.15, 0.2) is 0 Å². The molecule has 3 heteroatoms. The topological polar surface area (TPSA) is 23.9 Å². The van der Waals surface area contributed by atoms with Crippen LogP contribution < -0.4 is 0 Å². The van der Waals surface area contributed by atoms with Crippen LogP contribution in [0.3, 0.4) is 0 Å². The van der Waals surface area contributed by atoms with E-state index in [0.29, 0.717) is 6.42 Å². The van der Waals surface area contributed by atoms with E-state index < -0.39 is 0 Å². The van der Waals surface area contributed by atoms with Gasteiger partial charge in [0.05, 0.1) is 0 Å². The van der Waals surface area contributed by atoms with Crippen LogP contribution in [0, 0.1) is 5.41 Å². The van der Waals surface area contributed by atoms with Gasteiger partial charge >= 0.3 is 0 Å². The average molecular weight is 792 g/mol. The molecule has 0 atom stereocenters. The zero-order valence-electron chi connectivity index (χ0n) is 32.8. The molecule has 2 aromatic heterocycles. The summed E-state index contributed by atoms with van der Waals surface area (Å²) >= 11 is 0. The van der Waals surface area contributed by atoms with Gasteiger partial charge in [-0.3, -0.25) is 0 Å². The van der Waals surface area contributed by atoms with Crippen LogP contribution in [0.25, 0.3) is 65.7 Å². The number of hydrogen-bond donors (Lipinski definition) is 1. The van der Waals surface area contributed by atoms with Gasteiger partial charge < -0.3 is 5.41 Å². The van der Waals surface area contributed by atoms with Gasteiger partial charge in [-0.05, 0) is 104 Å². The second-order valence-electron chi connectivity index (χ2n) is 14.9. The zero-order chi connectivity index (χ0) is 39.8. The fraction of sp³-hybridized carbons (Fsp3) is 0.0536. The maximum absolute atomic E-state index is 8.17. The van der Waals surface area contributed by atoms with Crippen LogP contribution in [0.2, 0.25) is 0 Å². The molecule has 0 saturated carbocycles. The minimum Gasteiger partial charge on any atom is -0.313 e. The largest absolute Gasteiger partial charge is 0.313 e. The molecular formula is C56H43NP2. The Morgan fingerprint density at radius 3 is 1.22 bits per heavy atom. The summed E-state index contributed by atoms with van der Waals surface area (Å²) in [6.07, 6.45) is 3.76. The lowest BCUT2D eigenvalue weighted by Gasteiger charge is -2.19. The molecule has 0 spiro atoms. The van der Waals surface area contributed by atoms with Crippen molar-refractivity contribution in [2.24, 2.45) is 0 Å². The third-order valence-corrected chi connectivity index (χ3v) is 13.7. The number of nitrogens with one attached hydrogen (secondary N) is 1. The molecule has 9 aromatic rings. The number of benzene rings is 7. The zero-order valence-corrected chi connectivity index (χ0v) is 34.6. The Labute approximate surface area is 351 Å². The Hall–Kier alpha value is -6.49. The van der Waals surface area contributed by atoms with Crippen molar-refractivity contribution in [1.29, 1.82) is 5.41 Å². The molecule has 0 saturated heterocycles. The fourth-order valence-electron chi connectivity index (χ4n) is 8.05. The van der Waals surface area contributed by atoms with Gasteiger partial charge in [0, 0.05) is 27.6 Å². The van der Waals surface area contributed by atoms with E-state index >= 15 is 0 Å². The second-order valence-corrected chi connectivity index (χ2v) is 17.2. The molecule has 0 aliphatic carbocycles. The Kier molecular flexibility index (Phi) is 11.6. The smallest absolute Gasteiger partial charge is 0.0138 e. The minimum absolute atomic E-state index is 0.601.